The smallest absolute Gasteiger partial charge is 0.860 e. The molecule has 0 aliphatic carbocycles. The molecule has 3 heterocycles. The number of benzene rings is 1. The van der Waals surface area contributed by atoms with Crippen LogP contribution in [0.2, 0.25) is 0 Å². The van der Waals surface area contributed by atoms with Gasteiger partial charge in [-0.3, -0.25) is 9.69 Å². The Morgan fingerprint density at radius 1 is 1.14 bits per heavy atom. The van der Waals surface area contributed by atoms with Gasteiger partial charge in [0.2, 0.25) is 0 Å². The van der Waals surface area contributed by atoms with Crippen LogP contribution in [-0.4, -0.2) is 52.1 Å². The van der Waals surface area contributed by atoms with Crippen molar-refractivity contribution in [3.63, 3.8) is 0 Å². The number of hydrogen-bond acceptors (Lipinski definition) is 5. The quantitative estimate of drug-likeness (QED) is 0.483. The Morgan fingerprint density at radius 3 is 2.57 bits per heavy atom. The summed E-state index contributed by atoms with van der Waals surface area (Å²) in [6.07, 6.45) is 0.854. The van der Waals surface area contributed by atoms with Crippen LogP contribution in [0.4, 0.5) is 0 Å². The molecule has 0 bridgehead atoms. The first-order valence-electron chi connectivity index (χ1n) is 9.31. The van der Waals surface area contributed by atoms with E-state index in [9.17, 15) is 9.90 Å². The summed E-state index contributed by atoms with van der Waals surface area (Å²) in [5.41, 5.74) is 2.17. The maximum absolute atomic E-state index is 12.9. The average Bonchev–Trinajstić information content (AvgIpc) is 3.02. The van der Waals surface area contributed by atoms with Gasteiger partial charge < -0.3 is 14.4 Å². The van der Waals surface area contributed by atoms with E-state index in [1.54, 1.807) is 4.57 Å². The van der Waals surface area contributed by atoms with Crippen LogP contribution >= 0.6 is 0 Å². The zero-order chi connectivity index (χ0) is 18.8. The number of para-hydroxylation sites is 1. The molecule has 1 aromatic rings. The van der Waals surface area contributed by atoms with Crippen molar-refractivity contribution in [3.05, 3.63) is 52.4 Å². The molecular formula is C20H23N4NaO3. The Kier molecular flexibility index (Phi) is 6.95. The maximum atomic E-state index is 12.9. The van der Waals surface area contributed by atoms with Gasteiger partial charge in [0.15, 0.2) is 0 Å². The van der Waals surface area contributed by atoms with Crippen molar-refractivity contribution in [1.29, 1.82) is 0 Å². The van der Waals surface area contributed by atoms with Crippen LogP contribution < -0.4 is 40.2 Å². The molecule has 0 aromatic heterocycles. The van der Waals surface area contributed by atoms with E-state index in [2.05, 4.69) is 10.00 Å². The zero-order valence-electron chi connectivity index (χ0n) is 16.4. The van der Waals surface area contributed by atoms with Gasteiger partial charge >= 0.3 is 29.6 Å². The Labute approximate surface area is 186 Å². The molecule has 0 radical (unpaired) electrons. The van der Waals surface area contributed by atoms with E-state index < -0.39 is 0 Å². The first-order valence-corrected chi connectivity index (χ1v) is 9.31. The average molecular weight is 390 g/mol. The molecule has 1 saturated heterocycles. The summed E-state index contributed by atoms with van der Waals surface area (Å²) >= 11 is 0. The third-order valence-electron chi connectivity index (χ3n) is 5.12. The Morgan fingerprint density at radius 2 is 1.86 bits per heavy atom. The normalized spacial score (nSPS) is 14.9. The predicted molar refractivity (Wildman–Crippen MR) is 101 cm³/mol. The summed E-state index contributed by atoms with van der Waals surface area (Å²) in [5, 5.41) is 16.9. The van der Waals surface area contributed by atoms with Gasteiger partial charge in [0.05, 0.1) is 30.2 Å². The van der Waals surface area contributed by atoms with Gasteiger partial charge in [-0.15, -0.1) is 0 Å². The predicted octanol–water partition coefficient (Wildman–Crippen LogP) is -1.75. The molecule has 4 rings (SSSR count). The van der Waals surface area contributed by atoms with Crippen molar-refractivity contribution in [2.24, 2.45) is 0 Å². The minimum Gasteiger partial charge on any atom is -0.860 e. The molecule has 0 amide bonds. The zero-order valence-corrected chi connectivity index (χ0v) is 18.4. The minimum absolute atomic E-state index is 0. The third kappa shape index (κ3) is 4.18. The summed E-state index contributed by atoms with van der Waals surface area (Å²) in [6, 6.07) is 10.7. The molecule has 0 saturated carbocycles. The molecule has 0 atom stereocenters. The van der Waals surface area contributed by atoms with Crippen LogP contribution in [0.3, 0.4) is 0 Å². The number of morpholine rings is 1. The van der Waals surface area contributed by atoms with Gasteiger partial charge in [0.1, 0.15) is 0 Å². The molecule has 8 heteroatoms. The van der Waals surface area contributed by atoms with Crippen LogP contribution in [0.1, 0.15) is 12.1 Å². The number of ether oxygens (including phenoxy) is 1. The third-order valence-corrected chi connectivity index (χ3v) is 5.12. The van der Waals surface area contributed by atoms with Crippen molar-refractivity contribution in [1.82, 2.24) is 19.2 Å². The van der Waals surface area contributed by atoms with Crippen molar-refractivity contribution in [2.45, 2.75) is 19.9 Å². The molecule has 0 unspecified atom stereocenters. The number of fused-ring (bicyclic) bond motifs is 1. The van der Waals surface area contributed by atoms with Gasteiger partial charge in [0, 0.05) is 31.9 Å². The van der Waals surface area contributed by atoms with Crippen LogP contribution in [0.25, 0.3) is 16.9 Å². The second-order valence-electron chi connectivity index (χ2n) is 6.84. The summed E-state index contributed by atoms with van der Waals surface area (Å²) in [5.74, 6) is -0.111. The van der Waals surface area contributed by atoms with E-state index in [1.807, 2.05) is 37.3 Å². The fourth-order valence-electron chi connectivity index (χ4n) is 3.65. The summed E-state index contributed by atoms with van der Waals surface area (Å²) in [6.45, 7) is 6.74. The second-order valence-corrected chi connectivity index (χ2v) is 6.84. The van der Waals surface area contributed by atoms with Crippen LogP contribution in [-0.2, 0) is 11.3 Å². The number of hydrogen-bond donors (Lipinski definition) is 0. The molecule has 142 valence electrons. The Balaban J connectivity index is 0.00000225. The van der Waals surface area contributed by atoms with Crippen molar-refractivity contribution < 1.29 is 39.4 Å². The van der Waals surface area contributed by atoms with Crippen LogP contribution in [0, 0.1) is 6.92 Å². The Hall–Kier alpha value is -1.64. The Bertz CT molecular complexity index is 948. The molecule has 0 N–H and O–H groups in total. The first kappa shape index (κ1) is 21.1. The number of rotatable bonds is 5. The van der Waals surface area contributed by atoms with E-state index in [0.717, 1.165) is 39.3 Å². The molecule has 3 aliphatic rings. The molecule has 0 spiro atoms. The summed E-state index contributed by atoms with van der Waals surface area (Å²) in [7, 11) is 0. The van der Waals surface area contributed by atoms with Gasteiger partial charge in [-0.05, 0) is 37.4 Å². The fraction of sp³-hybridized carbons (Fsp3) is 0.400. The monoisotopic (exact) mass is 390 g/mol. The standard InChI is InChI=1S/C20H24N4O3.Na/c1-15-19-17(21-24(20(19)26)16-6-3-2-4-7-16)14-18(25)23(15)9-5-8-22-10-12-27-13-11-22;/h2-4,6-7,14,25H,5,8-13H2,1H3;/q;+1/p-1. The topological polar surface area (TPSA) is 75.4 Å². The molecule has 1 aromatic carbocycles. The van der Waals surface area contributed by atoms with Crippen LogP contribution in [0.5, 0.6) is 5.88 Å². The van der Waals surface area contributed by atoms with Crippen molar-refractivity contribution in [2.75, 3.05) is 32.8 Å². The van der Waals surface area contributed by atoms with Crippen molar-refractivity contribution in [3.8, 4) is 22.8 Å². The maximum Gasteiger partial charge on any atom is 1.00 e. The number of nitrogens with zero attached hydrogens (tertiary/aromatic N) is 4. The van der Waals surface area contributed by atoms with Gasteiger partial charge in [-0.2, -0.15) is 9.78 Å². The number of aromatic nitrogens is 3. The second kappa shape index (κ2) is 9.24. The van der Waals surface area contributed by atoms with Gasteiger partial charge in [-0.1, -0.05) is 18.2 Å². The van der Waals surface area contributed by atoms with E-state index in [-0.39, 0.29) is 41.0 Å². The van der Waals surface area contributed by atoms with E-state index in [0.29, 0.717) is 29.2 Å². The molecule has 1 fully saturated rings. The fourth-order valence-corrected chi connectivity index (χ4v) is 3.65. The largest absolute Gasteiger partial charge is 1.00 e. The molecule has 3 aliphatic heterocycles. The number of pyridine rings is 1. The van der Waals surface area contributed by atoms with E-state index in [4.69, 9.17) is 4.74 Å². The summed E-state index contributed by atoms with van der Waals surface area (Å²) < 4.78 is 8.43. The minimum atomic E-state index is -0.185. The SMILES string of the molecule is Cc1c2c(=O)n(-c3ccccc3)nc-2cc([O-])n1CCCN1CCOCC1.[Na+]. The summed E-state index contributed by atoms with van der Waals surface area (Å²) in [4.78, 5) is 15.2. The van der Waals surface area contributed by atoms with Gasteiger partial charge in [0.25, 0.3) is 5.56 Å². The van der Waals surface area contributed by atoms with E-state index in [1.165, 1.54) is 10.7 Å². The first-order chi connectivity index (χ1) is 13.1. The van der Waals surface area contributed by atoms with Gasteiger partial charge in [-0.25, -0.2) is 0 Å². The molecular weight excluding hydrogens is 367 g/mol. The molecule has 7 nitrogen and oxygen atoms in total. The van der Waals surface area contributed by atoms with E-state index >= 15 is 0 Å². The van der Waals surface area contributed by atoms with Crippen molar-refractivity contribution >= 4 is 0 Å². The molecule has 28 heavy (non-hydrogen) atoms. The van der Waals surface area contributed by atoms with Crippen LogP contribution in [0.15, 0.2) is 41.2 Å².